The molecule has 1 aromatic carbocycles. The molecule has 0 saturated heterocycles. The average molecular weight is 247 g/mol. The molecule has 2 atom stereocenters. The zero-order chi connectivity index (χ0) is 13.0. The largest absolute Gasteiger partial charge is 0.459 e. The Hall–Kier alpha value is -1.32. The first kappa shape index (κ1) is 13.1. The van der Waals surface area contributed by atoms with Crippen molar-refractivity contribution in [2.45, 2.75) is 19.4 Å². The zero-order valence-electron chi connectivity index (χ0n) is 11.3. The minimum Gasteiger partial charge on any atom is -0.459 e. The summed E-state index contributed by atoms with van der Waals surface area (Å²) < 4.78 is 11.1. The molecule has 3 nitrogen and oxygen atoms in total. The fraction of sp³-hybridized carbons (Fsp3) is 0.467. The number of hydrogen-bond acceptors (Lipinski definition) is 3. The van der Waals surface area contributed by atoms with Gasteiger partial charge in [0.2, 0.25) is 0 Å². The van der Waals surface area contributed by atoms with Crippen molar-refractivity contribution >= 4 is 11.0 Å². The quantitative estimate of drug-likeness (QED) is 0.850. The molecule has 0 aliphatic rings. The number of fused-ring (bicyclic) bond motifs is 1. The molecule has 0 radical (unpaired) electrons. The first-order valence-corrected chi connectivity index (χ1v) is 6.39. The Bertz CT molecular complexity index is 459. The summed E-state index contributed by atoms with van der Waals surface area (Å²) in [6.45, 7) is 2.97. The van der Waals surface area contributed by atoms with Crippen LogP contribution in [0.1, 0.15) is 25.1 Å². The van der Waals surface area contributed by atoms with E-state index in [1.54, 1.807) is 7.11 Å². The standard InChI is InChI=1S/C15H21NO2/c1-11(10-17-3)8-13(16-2)15-9-12-6-4-5-7-14(12)18-15/h4-7,9,11,13,16H,8,10H2,1-3H3. The van der Waals surface area contributed by atoms with Crippen LogP contribution >= 0.6 is 0 Å². The lowest BCUT2D eigenvalue weighted by Crippen LogP contribution is -2.20. The molecule has 0 bridgehead atoms. The third-order valence-electron chi connectivity index (χ3n) is 3.23. The minimum atomic E-state index is 0.238. The van der Waals surface area contributed by atoms with Crippen LogP contribution in [0.3, 0.4) is 0 Å². The third-order valence-corrected chi connectivity index (χ3v) is 3.23. The van der Waals surface area contributed by atoms with Crippen molar-refractivity contribution in [2.75, 3.05) is 20.8 Å². The van der Waals surface area contributed by atoms with Crippen molar-refractivity contribution < 1.29 is 9.15 Å². The predicted molar refractivity (Wildman–Crippen MR) is 73.7 cm³/mol. The van der Waals surface area contributed by atoms with Crippen LogP contribution in [0.4, 0.5) is 0 Å². The van der Waals surface area contributed by atoms with Crippen molar-refractivity contribution in [1.29, 1.82) is 0 Å². The van der Waals surface area contributed by atoms with Crippen molar-refractivity contribution in [1.82, 2.24) is 5.32 Å². The molecular weight excluding hydrogens is 226 g/mol. The van der Waals surface area contributed by atoms with E-state index in [0.717, 1.165) is 29.8 Å². The van der Waals surface area contributed by atoms with Crippen molar-refractivity contribution in [3.8, 4) is 0 Å². The van der Waals surface area contributed by atoms with Crippen LogP contribution in [0, 0.1) is 5.92 Å². The molecule has 0 fully saturated rings. The normalized spacial score (nSPS) is 14.8. The monoisotopic (exact) mass is 247 g/mol. The summed E-state index contributed by atoms with van der Waals surface area (Å²) in [4.78, 5) is 0. The number of rotatable bonds is 6. The maximum atomic E-state index is 5.90. The van der Waals surface area contributed by atoms with E-state index < -0.39 is 0 Å². The molecule has 3 heteroatoms. The van der Waals surface area contributed by atoms with Crippen LogP contribution in [0.25, 0.3) is 11.0 Å². The van der Waals surface area contributed by atoms with Crippen LogP contribution in [0.2, 0.25) is 0 Å². The molecule has 0 saturated carbocycles. The third kappa shape index (κ3) is 2.92. The van der Waals surface area contributed by atoms with Gasteiger partial charge in [-0.25, -0.2) is 0 Å². The highest BCUT2D eigenvalue weighted by atomic mass is 16.5. The molecule has 0 amide bonds. The van der Waals surface area contributed by atoms with E-state index in [9.17, 15) is 0 Å². The Morgan fingerprint density at radius 3 is 2.78 bits per heavy atom. The summed E-state index contributed by atoms with van der Waals surface area (Å²) in [5.41, 5.74) is 0.951. The predicted octanol–water partition coefficient (Wildman–Crippen LogP) is 3.37. The molecule has 2 rings (SSSR count). The van der Waals surface area contributed by atoms with E-state index in [1.807, 2.05) is 25.2 Å². The molecule has 2 aromatic rings. The second kappa shape index (κ2) is 6.03. The fourth-order valence-corrected chi connectivity index (χ4v) is 2.31. The summed E-state index contributed by atoms with van der Waals surface area (Å²) in [6.07, 6.45) is 1.00. The summed E-state index contributed by atoms with van der Waals surface area (Å²) in [5, 5.41) is 4.48. The topological polar surface area (TPSA) is 34.4 Å². The van der Waals surface area contributed by atoms with Crippen molar-refractivity contribution in [3.63, 3.8) is 0 Å². The van der Waals surface area contributed by atoms with Gasteiger partial charge in [0.25, 0.3) is 0 Å². The lowest BCUT2D eigenvalue weighted by atomic mass is 10.0. The van der Waals surface area contributed by atoms with Gasteiger partial charge < -0.3 is 14.5 Å². The van der Waals surface area contributed by atoms with E-state index in [4.69, 9.17) is 9.15 Å². The maximum absolute atomic E-state index is 5.90. The molecule has 18 heavy (non-hydrogen) atoms. The number of furan rings is 1. The first-order chi connectivity index (χ1) is 8.74. The van der Waals surface area contributed by atoms with Crippen LogP contribution in [-0.2, 0) is 4.74 Å². The molecule has 1 aromatic heterocycles. The smallest absolute Gasteiger partial charge is 0.134 e. The number of methoxy groups -OCH3 is 1. The highest BCUT2D eigenvalue weighted by Gasteiger charge is 2.17. The van der Waals surface area contributed by atoms with Gasteiger partial charge in [-0.2, -0.15) is 0 Å². The SMILES string of the molecule is CNC(CC(C)COC)c1cc2ccccc2o1. The van der Waals surface area contributed by atoms with Gasteiger partial charge in [-0.15, -0.1) is 0 Å². The highest BCUT2D eigenvalue weighted by Crippen LogP contribution is 2.27. The number of ether oxygens (including phenoxy) is 1. The van der Waals surface area contributed by atoms with E-state index >= 15 is 0 Å². The van der Waals surface area contributed by atoms with Crippen LogP contribution in [0.15, 0.2) is 34.7 Å². The van der Waals surface area contributed by atoms with Crippen LogP contribution in [-0.4, -0.2) is 20.8 Å². The second-order valence-corrected chi connectivity index (χ2v) is 4.82. The van der Waals surface area contributed by atoms with Crippen LogP contribution < -0.4 is 5.32 Å². The average Bonchev–Trinajstić information content (AvgIpc) is 2.79. The van der Waals surface area contributed by atoms with Gasteiger partial charge in [0, 0.05) is 19.1 Å². The van der Waals surface area contributed by atoms with Gasteiger partial charge in [0.1, 0.15) is 11.3 Å². The molecular formula is C15H21NO2. The van der Waals surface area contributed by atoms with Crippen molar-refractivity contribution in [2.24, 2.45) is 5.92 Å². The summed E-state index contributed by atoms with van der Waals surface area (Å²) in [7, 11) is 3.71. The lowest BCUT2D eigenvalue weighted by molar-refractivity contribution is 0.148. The maximum Gasteiger partial charge on any atom is 0.134 e. The van der Waals surface area contributed by atoms with Gasteiger partial charge in [0.05, 0.1) is 6.04 Å². The molecule has 1 heterocycles. The molecule has 0 aliphatic heterocycles. The van der Waals surface area contributed by atoms with Gasteiger partial charge in [-0.1, -0.05) is 25.1 Å². The molecule has 0 spiro atoms. The molecule has 1 N–H and O–H groups in total. The van der Waals surface area contributed by atoms with E-state index in [-0.39, 0.29) is 6.04 Å². The Balaban J connectivity index is 2.16. The zero-order valence-corrected chi connectivity index (χ0v) is 11.3. The molecule has 2 unspecified atom stereocenters. The number of hydrogen-bond donors (Lipinski definition) is 1. The molecule has 98 valence electrons. The Kier molecular flexibility index (Phi) is 4.39. The van der Waals surface area contributed by atoms with E-state index in [0.29, 0.717) is 5.92 Å². The van der Waals surface area contributed by atoms with Gasteiger partial charge in [0.15, 0.2) is 0 Å². The Morgan fingerprint density at radius 2 is 2.11 bits per heavy atom. The second-order valence-electron chi connectivity index (χ2n) is 4.82. The Morgan fingerprint density at radius 1 is 1.33 bits per heavy atom. The minimum absolute atomic E-state index is 0.238. The van der Waals surface area contributed by atoms with Gasteiger partial charge in [-0.3, -0.25) is 0 Å². The Labute approximate surface area is 108 Å². The van der Waals surface area contributed by atoms with Gasteiger partial charge in [-0.05, 0) is 31.5 Å². The number of nitrogens with one attached hydrogen (secondary N) is 1. The van der Waals surface area contributed by atoms with E-state index in [2.05, 4.69) is 24.4 Å². The highest BCUT2D eigenvalue weighted by molar-refractivity contribution is 5.77. The lowest BCUT2D eigenvalue weighted by Gasteiger charge is -2.18. The molecule has 0 aliphatic carbocycles. The van der Waals surface area contributed by atoms with E-state index in [1.165, 1.54) is 0 Å². The fourth-order valence-electron chi connectivity index (χ4n) is 2.31. The first-order valence-electron chi connectivity index (χ1n) is 6.39. The van der Waals surface area contributed by atoms with Crippen molar-refractivity contribution in [3.05, 3.63) is 36.1 Å². The number of benzene rings is 1. The summed E-state index contributed by atoms with van der Waals surface area (Å²) in [6, 6.07) is 10.5. The summed E-state index contributed by atoms with van der Waals surface area (Å²) >= 11 is 0. The number of para-hydroxylation sites is 1. The van der Waals surface area contributed by atoms with Crippen LogP contribution in [0.5, 0.6) is 0 Å². The van der Waals surface area contributed by atoms with Gasteiger partial charge >= 0.3 is 0 Å². The summed E-state index contributed by atoms with van der Waals surface area (Å²) in [5.74, 6) is 1.50.